The van der Waals surface area contributed by atoms with Gasteiger partial charge in [-0.3, -0.25) is 0 Å². The number of rotatable bonds is 10. The first-order chi connectivity index (χ1) is 21.2. The lowest BCUT2D eigenvalue weighted by Gasteiger charge is -2.37. The molecule has 5 rings (SSSR count). The van der Waals surface area contributed by atoms with Gasteiger partial charge in [0.1, 0.15) is 0 Å². The van der Waals surface area contributed by atoms with Gasteiger partial charge in [-0.2, -0.15) is 8.61 Å². The van der Waals surface area contributed by atoms with Gasteiger partial charge in [0.05, 0.1) is 33.4 Å². The van der Waals surface area contributed by atoms with E-state index in [1.54, 1.807) is 86.6 Å². The standard InChI is InChI=1S/C34H38N2O6S3/c1-25-15-17-33(27(3)19-25)44(39,40)35(21-29-11-7-5-8-12-29)31-23-43(37,38)24-32(31)36(22-30-13-9-6-10-14-30)45(41,42)34-18-16-26(2)20-28(34)4/h5-20,31-32H,21-24H2,1-4H3/t31-,32-/m0/s1. The van der Waals surface area contributed by atoms with Crippen molar-refractivity contribution in [1.29, 1.82) is 0 Å². The Morgan fingerprint density at radius 2 is 0.933 bits per heavy atom. The van der Waals surface area contributed by atoms with E-state index in [4.69, 9.17) is 0 Å². The van der Waals surface area contributed by atoms with Crippen molar-refractivity contribution in [2.24, 2.45) is 0 Å². The molecule has 0 aromatic heterocycles. The Morgan fingerprint density at radius 3 is 1.27 bits per heavy atom. The molecule has 1 saturated heterocycles. The van der Waals surface area contributed by atoms with Crippen LogP contribution in [0.25, 0.3) is 0 Å². The van der Waals surface area contributed by atoms with Crippen LogP contribution in [-0.2, 0) is 43.0 Å². The van der Waals surface area contributed by atoms with Crippen molar-refractivity contribution >= 4 is 29.9 Å². The van der Waals surface area contributed by atoms with E-state index < -0.39 is 53.5 Å². The van der Waals surface area contributed by atoms with E-state index in [1.807, 2.05) is 26.0 Å². The Morgan fingerprint density at radius 1 is 0.578 bits per heavy atom. The minimum Gasteiger partial charge on any atom is -0.229 e. The smallest absolute Gasteiger partial charge is 0.229 e. The molecule has 0 spiro atoms. The molecule has 0 aliphatic carbocycles. The quantitative estimate of drug-likeness (QED) is 0.231. The number of hydrogen-bond donors (Lipinski definition) is 0. The van der Waals surface area contributed by atoms with Gasteiger partial charge in [0.25, 0.3) is 0 Å². The van der Waals surface area contributed by atoms with E-state index in [0.29, 0.717) is 22.3 Å². The summed E-state index contributed by atoms with van der Waals surface area (Å²) in [4.78, 5) is 0.109. The molecule has 11 heteroatoms. The lowest BCUT2D eigenvalue weighted by Crippen LogP contribution is -2.54. The molecule has 2 atom stereocenters. The molecular weight excluding hydrogens is 629 g/mol. The van der Waals surface area contributed by atoms with Gasteiger partial charge in [0.2, 0.25) is 20.0 Å². The molecule has 0 saturated carbocycles. The van der Waals surface area contributed by atoms with E-state index in [9.17, 15) is 25.3 Å². The predicted octanol–water partition coefficient (Wildman–Crippen LogP) is 5.17. The maximum absolute atomic E-state index is 14.6. The lowest BCUT2D eigenvalue weighted by atomic mass is 10.1. The Bertz CT molecular complexity index is 1870. The molecule has 0 bridgehead atoms. The van der Waals surface area contributed by atoms with Crippen molar-refractivity contribution in [1.82, 2.24) is 8.61 Å². The molecule has 0 unspecified atom stereocenters. The molecule has 1 heterocycles. The van der Waals surface area contributed by atoms with Crippen LogP contribution in [0.3, 0.4) is 0 Å². The fraction of sp³-hybridized carbons (Fsp3) is 0.294. The largest absolute Gasteiger partial charge is 0.243 e. The highest BCUT2D eigenvalue weighted by atomic mass is 32.2. The molecule has 45 heavy (non-hydrogen) atoms. The molecule has 238 valence electrons. The maximum atomic E-state index is 14.6. The van der Waals surface area contributed by atoms with Gasteiger partial charge in [0, 0.05) is 13.1 Å². The van der Waals surface area contributed by atoms with Gasteiger partial charge in [-0.05, 0) is 62.1 Å². The van der Waals surface area contributed by atoms with Crippen molar-refractivity contribution in [2.45, 2.75) is 62.7 Å². The van der Waals surface area contributed by atoms with E-state index in [-0.39, 0.29) is 22.9 Å². The average molecular weight is 667 g/mol. The fourth-order valence-corrected chi connectivity index (χ4v) is 11.9. The number of aryl methyl sites for hydroxylation is 4. The summed E-state index contributed by atoms with van der Waals surface area (Å²) >= 11 is 0. The first-order valence-corrected chi connectivity index (χ1v) is 19.4. The van der Waals surface area contributed by atoms with Crippen LogP contribution in [0.5, 0.6) is 0 Å². The zero-order valence-electron chi connectivity index (χ0n) is 25.8. The molecule has 0 amide bonds. The van der Waals surface area contributed by atoms with Crippen LogP contribution in [-0.4, -0.2) is 57.5 Å². The average Bonchev–Trinajstić information content (AvgIpc) is 3.29. The maximum Gasteiger partial charge on any atom is 0.243 e. The summed E-state index contributed by atoms with van der Waals surface area (Å²) in [5.74, 6) is -1.02. The Hall–Kier alpha value is -3.35. The molecule has 0 N–H and O–H groups in total. The van der Waals surface area contributed by atoms with E-state index in [1.165, 1.54) is 20.7 Å². The minimum absolute atomic E-state index is 0.0546. The summed E-state index contributed by atoms with van der Waals surface area (Å²) in [6.45, 7) is 6.88. The summed E-state index contributed by atoms with van der Waals surface area (Å²) in [7, 11) is -12.4. The minimum atomic E-state index is -4.30. The number of nitrogens with zero attached hydrogens (tertiary/aromatic N) is 2. The third-order valence-corrected chi connectivity index (χ3v) is 14.0. The first-order valence-electron chi connectivity index (χ1n) is 14.7. The normalized spacial score (nSPS) is 18.4. The SMILES string of the molecule is Cc1ccc(S(=O)(=O)N(Cc2ccccc2)[C@H]2CS(=O)(=O)C[C@@H]2N(Cc2ccccc2)S(=O)(=O)c2ccc(C)cc2C)c(C)c1. The van der Waals surface area contributed by atoms with Crippen LogP contribution in [0.15, 0.2) is 107 Å². The second-order valence-corrected chi connectivity index (χ2v) is 17.7. The molecular formula is C34H38N2O6S3. The van der Waals surface area contributed by atoms with Crippen LogP contribution < -0.4 is 0 Å². The lowest BCUT2D eigenvalue weighted by molar-refractivity contribution is 0.219. The monoisotopic (exact) mass is 666 g/mol. The topological polar surface area (TPSA) is 109 Å². The summed E-state index contributed by atoms with van der Waals surface area (Å²) in [5.41, 5.74) is 4.12. The molecule has 4 aromatic rings. The highest BCUT2D eigenvalue weighted by molar-refractivity contribution is 7.92. The van der Waals surface area contributed by atoms with E-state index in [0.717, 1.165) is 11.1 Å². The van der Waals surface area contributed by atoms with Crippen molar-refractivity contribution in [2.75, 3.05) is 11.5 Å². The van der Waals surface area contributed by atoms with Crippen molar-refractivity contribution in [3.8, 4) is 0 Å². The second-order valence-electron chi connectivity index (χ2n) is 11.8. The van der Waals surface area contributed by atoms with Crippen LogP contribution in [0.4, 0.5) is 0 Å². The summed E-state index contributed by atoms with van der Waals surface area (Å²) in [5, 5.41) is 0. The second kappa shape index (κ2) is 12.8. The van der Waals surface area contributed by atoms with Gasteiger partial charge in [-0.15, -0.1) is 0 Å². The van der Waals surface area contributed by atoms with Gasteiger partial charge >= 0.3 is 0 Å². The number of benzene rings is 4. The third kappa shape index (κ3) is 7.07. The molecule has 1 aliphatic rings. The van der Waals surface area contributed by atoms with Gasteiger partial charge < -0.3 is 0 Å². The molecule has 1 aliphatic heterocycles. The zero-order valence-corrected chi connectivity index (χ0v) is 28.2. The highest BCUT2D eigenvalue weighted by Crippen LogP contribution is 2.35. The van der Waals surface area contributed by atoms with Crippen LogP contribution in [0.1, 0.15) is 33.4 Å². The number of sulfone groups is 1. The first kappa shape index (κ1) is 33.0. The van der Waals surface area contributed by atoms with Crippen molar-refractivity contribution in [3.05, 3.63) is 130 Å². The van der Waals surface area contributed by atoms with Crippen molar-refractivity contribution in [3.63, 3.8) is 0 Å². The summed E-state index contributed by atoms with van der Waals surface area (Å²) < 4.78 is 87.6. The molecule has 1 fully saturated rings. The fourth-order valence-electron chi connectivity index (χ4n) is 6.08. The van der Waals surface area contributed by atoms with Crippen LogP contribution in [0.2, 0.25) is 0 Å². The van der Waals surface area contributed by atoms with Gasteiger partial charge in [-0.25, -0.2) is 25.3 Å². The summed E-state index contributed by atoms with van der Waals surface area (Å²) in [6, 6.07) is 25.5. The predicted molar refractivity (Wildman–Crippen MR) is 176 cm³/mol. The van der Waals surface area contributed by atoms with E-state index >= 15 is 0 Å². The Labute approximate surface area is 267 Å². The molecule has 0 radical (unpaired) electrons. The van der Waals surface area contributed by atoms with Crippen LogP contribution in [0, 0.1) is 27.7 Å². The van der Waals surface area contributed by atoms with Crippen LogP contribution >= 0.6 is 0 Å². The van der Waals surface area contributed by atoms with E-state index in [2.05, 4.69) is 0 Å². The van der Waals surface area contributed by atoms with Crippen molar-refractivity contribution < 1.29 is 25.3 Å². The Balaban J connectivity index is 1.71. The molecule has 4 aromatic carbocycles. The Kier molecular flexibility index (Phi) is 9.40. The number of hydrogen-bond acceptors (Lipinski definition) is 6. The zero-order chi connectivity index (χ0) is 32.6. The van der Waals surface area contributed by atoms with Gasteiger partial charge in [-0.1, -0.05) is 96.1 Å². The third-order valence-electron chi connectivity index (χ3n) is 8.23. The number of sulfonamides is 2. The highest BCUT2D eigenvalue weighted by Gasteiger charge is 2.51. The van der Waals surface area contributed by atoms with Gasteiger partial charge in [0.15, 0.2) is 9.84 Å². The summed E-state index contributed by atoms with van der Waals surface area (Å²) in [6.07, 6.45) is 0. The molecule has 8 nitrogen and oxygen atoms in total.